The number of carbonyl (C=O) groups is 1. The topological polar surface area (TPSA) is 53.9 Å². The summed E-state index contributed by atoms with van der Waals surface area (Å²) in [7, 11) is 1.82. The molecule has 134 valence electrons. The summed E-state index contributed by atoms with van der Waals surface area (Å²) >= 11 is 5.34. The minimum absolute atomic E-state index is 0.0757. The van der Waals surface area contributed by atoms with Gasteiger partial charge >= 0.3 is 0 Å². The number of nitrogens with zero attached hydrogens (tertiary/aromatic N) is 3. The van der Waals surface area contributed by atoms with Crippen LogP contribution in [0, 0.1) is 11.7 Å². The van der Waals surface area contributed by atoms with Gasteiger partial charge in [-0.05, 0) is 24.7 Å². The SMILES string of the molecule is Cc1ccc(-c2n[nH]c(=S)n2CCC(=O)N(C)Cc2ccccc2)cc1. The van der Waals surface area contributed by atoms with Crippen molar-refractivity contribution < 1.29 is 4.79 Å². The van der Waals surface area contributed by atoms with Crippen molar-refractivity contribution in [1.82, 2.24) is 19.7 Å². The Bertz CT molecular complexity index is 928. The van der Waals surface area contributed by atoms with E-state index in [2.05, 4.69) is 10.2 Å². The van der Waals surface area contributed by atoms with Gasteiger partial charge in [-0.15, -0.1) is 0 Å². The summed E-state index contributed by atoms with van der Waals surface area (Å²) < 4.78 is 2.41. The van der Waals surface area contributed by atoms with Crippen LogP contribution in [0.3, 0.4) is 0 Å². The van der Waals surface area contributed by atoms with E-state index in [1.165, 1.54) is 5.56 Å². The lowest BCUT2D eigenvalue weighted by atomic mass is 10.1. The fraction of sp³-hybridized carbons (Fsp3) is 0.250. The predicted molar refractivity (Wildman–Crippen MR) is 105 cm³/mol. The molecule has 0 saturated carbocycles. The van der Waals surface area contributed by atoms with Crippen molar-refractivity contribution >= 4 is 18.1 Å². The van der Waals surface area contributed by atoms with Crippen molar-refractivity contribution in [2.45, 2.75) is 26.4 Å². The van der Waals surface area contributed by atoms with Gasteiger partial charge in [0.25, 0.3) is 0 Å². The molecular formula is C20H22N4OS. The van der Waals surface area contributed by atoms with Crippen LogP contribution in [0.1, 0.15) is 17.5 Å². The maximum absolute atomic E-state index is 12.5. The summed E-state index contributed by atoms with van der Waals surface area (Å²) in [6, 6.07) is 18.1. The highest BCUT2D eigenvalue weighted by molar-refractivity contribution is 7.71. The van der Waals surface area contributed by atoms with Gasteiger partial charge in [0.2, 0.25) is 5.91 Å². The highest BCUT2D eigenvalue weighted by Gasteiger charge is 2.13. The third-order valence-electron chi connectivity index (χ3n) is 4.31. The Kier molecular flexibility index (Phi) is 5.63. The molecule has 3 rings (SSSR count). The van der Waals surface area contributed by atoms with E-state index in [4.69, 9.17) is 12.2 Å². The van der Waals surface area contributed by atoms with Gasteiger partial charge in [-0.3, -0.25) is 14.5 Å². The third-order valence-corrected chi connectivity index (χ3v) is 4.62. The average Bonchev–Trinajstić information content (AvgIpc) is 3.01. The van der Waals surface area contributed by atoms with E-state index < -0.39 is 0 Å². The molecular weight excluding hydrogens is 344 g/mol. The van der Waals surface area contributed by atoms with E-state index in [-0.39, 0.29) is 5.91 Å². The van der Waals surface area contributed by atoms with E-state index in [1.807, 2.05) is 73.1 Å². The second kappa shape index (κ2) is 8.10. The Balaban J connectivity index is 1.68. The van der Waals surface area contributed by atoms with Crippen molar-refractivity contribution in [3.63, 3.8) is 0 Å². The molecule has 0 aliphatic carbocycles. The van der Waals surface area contributed by atoms with Crippen LogP contribution in [0.4, 0.5) is 0 Å². The molecule has 0 aliphatic heterocycles. The molecule has 0 saturated heterocycles. The Morgan fingerprint density at radius 3 is 2.54 bits per heavy atom. The summed E-state index contributed by atoms with van der Waals surface area (Å²) in [6.45, 7) is 3.14. The van der Waals surface area contributed by atoms with Gasteiger partial charge in [-0.25, -0.2) is 0 Å². The van der Waals surface area contributed by atoms with Crippen LogP contribution < -0.4 is 0 Å². The van der Waals surface area contributed by atoms with Gasteiger partial charge in [0.05, 0.1) is 0 Å². The van der Waals surface area contributed by atoms with Crippen LogP contribution in [0.25, 0.3) is 11.4 Å². The molecule has 0 radical (unpaired) electrons. The Morgan fingerprint density at radius 1 is 1.15 bits per heavy atom. The summed E-state index contributed by atoms with van der Waals surface area (Å²) in [5.74, 6) is 0.834. The number of hydrogen-bond acceptors (Lipinski definition) is 3. The zero-order chi connectivity index (χ0) is 18.5. The van der Waals surface area contributed by atoms with Crippen molar-refractivity contribution in [3.05, 3.63) is 70.5 Å². The normalized spacial score (nSPS) is 10.7. The Hall–Kier alpha value is -2.73. The van der Waals surface area contributed by atoms with Crippen molar-refractivity contribution in [3.8, 4) is 11.4 Å². The van der Waals surface area contributed by atoms with Crippen molar-refractivity contribution in [2.75, 3.05) is 7.05 Å². The summed E-state index contributed by atoms with van der Waals surface area (Å²) in [5, 5.41) is 7.16. The molecule has 1 heterocycles. The lowest BCUT2D eigenvalue weighted by molar-refractivity contribution is -0.130. The van der Waals surface area contributed by atoms with Crippen LogP contribution in [-0.2, 0) is 17.9 Å². The first kappa shape index (κ1) is 18.1. The van der Waals surface area contributed by atoms with E-state index >= 15 is 0 Å². The van der Waals surface area contributed by atoms with Crippen LogP contribution in [0.15, 0.2) is 54.6 Å². The number of aromatic nitrogens is 3. The molecule has 26 heavy (non-hydrogen) atoms. The number of rotatable bonds is 6. The molecule has 1 amide bonds. The first-order chi connectivity index (χ1) is 12.5. The lowest BCUT2D eigenvalue weighted by Crippen LogP contribution is -2.27. The summed E-state index contributed by atoms with van der Waals surface area (Å²) in [6.07, 6.45) is 0.371. The molecule has 5 nitrogen and oxygen atoms in total. The maximum atomic E-state index is 12.5. The number of carbonyl (C=O) groups excluding carboxylic acids is 1. The van der Waals surface area contributed by atoms with Crippen molar-refractivity contribution in [2.24, 2.45) is 0 Å². The van der Waals surface area contributed by atoms with Crippen LogP contribution in [0.5, 0.6) is 0 Å². The largest absolute Gasteiger partial charge is 0.341 e. The average molecular weight is 366 g/mol. The quantitative estimate of drug-likeness (QED) is 0.672. The Morgan fingerprint density at radius 2 is 1.85 bits per heavy atom. The molecule has 2 aromatic carbocycles. The van der Waals surface area contributed by atoms with Gasteiger partial charge in [-0.2, -0.15) is 5.10 Å². The van der Waals surface area contributed by atoms with Crippen LogP contribution in [-0.4, -0.2) is 32.6 Å². The second-order valence-corrected chi connectivity index (χ2v) is 6.74. The highest BCUT2D eigenvalue weighted by Crippen LogP contribution is 2.18. The van der Waals surface area contributed by atoms with E-state index in [0.29, 0.717) is 24.3 Å². The van der Waals surface area contributed by atoms with E-state index in [0.717, 1.165) is 17.0 Å². The minimum Gasteiger partial charge on any atom is -0.341 e. The zero-order valence-electron chi connectivity index (χ0n) is 15.0. The molecule has 0 aliphatic rings. The third kappa shape index (κ3) is 4.26. The van der Waals surface area contributed by atoms with Crippen LogP contribution in [0.2, 0.25) is 0 Å². The smallest absolute Gasteiger partial charge is 0.224 e. The van der Waals surface area contributed by atoms with E-state index in [1.54, 1.807) is 4.90 Å². The monoisotopic (exact) mass is 366 g/mol. The molecule has 1 aromatic heterocycles. The van der Waals surface area contributed by atoms with Crippen LogP contribution >= 0.6 is 12.2 Å². The minimum atomic E-state index is 0.0757. The van der Waals surface area contributed by atoms with Gasteiger partial charge in [0.1, 0.15) is 0 Å². The first-order valence-electron chi connectivity index (χ1n) is 8.55. The number of benzene rings is 2. The molecule has 0 bridgehead atoms. The highest BCUT2D eigenvalue weighted by atomic mass is 32.1. The fourth-order valence-corrected chi connectivity index (χ4v) is 3.02. The fourth-order valence-electron chi connectivity index (χ4n) is 2.79. The molecule has 3 aromatic rings. The van der Waals surface area contributed by atoms with E-state index in [9.17, 15) is 4.79 Å². The number of amides is 1. The molecule has 0 fully saturated rings. The van der Waals surface area contributed by atoms with Crippen molar-refractivity contribution in [1.29, 1.82) is 0 Å². The molecule has 6 heteroatoms. The molecule has 0 unspecified atom stereocenters. The number of nitrogens with one attached hydrogen (secondary N) is 1. The number of hydrogen-bond donors (Lipinski definition) is 1. The predicted octanol–water partition coefficient (Wildman–Crippen LogP) is 3.96. The van der Waals surface area contributed by atoms with Gasteiger partial charge in [0, 0.05) is 32.1 Å². The lowest BCUT2D eigenvalue weighted by Gasteiger charge is -2.17. The molecule has 0 atom stereocenters. The number of H-pyrrole nitrogens is 1. The Labute approximate surface area is 158 Å². The molecule has 0 spiro atoms. The second-order valence-electron chi connectivity index (χ2n) is 6.36. The molecule has 1 N–H and O–H groups in total. The standard InChI is InChI=1S/C20H22N4OS/c1-15-8-10-17(11-9-15)19-21-22-20(26)24(19)13-12-18(25)23(2)14-16-6-4-3-5-7-16/h3-11H,12-14H2,1-2H3,(H,22,26). The maximum Gasteiger partial charge on any atom is 0.224 e. The summed E-state index contributed by atoms with van der Waals surface area (Å²) in [5.41, 5.74) is 3.28. The summed E-state index contributed by atoms with van der Waals surface area (Å²) in [4.78, 5) is 14.2. The number of aromatic amines is 1. The number of aryl methyl sites for hydroxylation is 1. The van der Waals surface area contributed by atoms with Gasteiger partial charge in [0.15, 0.2) is 10.6 Å². The first-order valence-corrected chi connectivity index (χ1v) is 8.95. The van der Waals surface area contributed by atoms with Gasteiger partial charge < -0.3 is 4.90 Å². The van der Waals surface area contributed by atoms with Gasteiger partial charge in [-0.1, -0.05) is 60.2 Å². The zero-order valence-corrected chi connectivity index (χ0v) is 15.8.